The Morgan fingerprint density at radius 3 is 2.18 bits per heavy atom. The van der Waals surface area contributed by atoms with Crippen molar-refractivity contribution in [2.45, 2.75) is 24.8 Å². The number of benzene rings is 2. The summed E-state index contributed by atoms with van der Waals surface area (Å²) in [5.41, 5.74) is 0.622. The van der Waals surface area contributed by atoms with Crippen LogP contribution in [-0.4, -0.2) is 20.4 Å². The van der Waals surface area contributed by atoms with E-state index in [4.69, 9.17) is 4.74 Å². The van der Waals surface area contributed by atoms with Crippen molar-refractivity contribution in [3.63, 3.8) is 0 Å². The van der Waals surface area contributed by atoms with E-state index in [1.54, 1.807) is 36.4 Å². The second kappa shape index (κ2) is 7.07. The molecule has 0 aromatic heterocycles. The van der Waals surface area contributed by atoms with Crippen LogP contribution in [0, 0.1) is 0 Å². The molecule has 0 radical (unpaired) electrons. The minimum atomic E-state index is -3.83. The Balaban J connectivity index is 2.46. The van der Waals surface area contributed by atoms with Crippen LogP contribution in [0.3, 0.4) is 0 Å². The minimum absolute atomic E-state index is 0.0959. The molecule has 0 N–H and O–H groups in total. The highest BCUT2D eigenvalue weighted by atomic mass is 79.9. The standard InChI is InChI=1S/C16H16BrNO3S/c1-12(2)21-16(13-6-4-3-5-7-13)18-22(19,20)15-10-8-14(17)9-11-15/h3-12H,1-2H3/b18-16+. The van der Waals surface area contributed by atoms with Crippen molar-refractivity contribution in [2.75, 3.05) is 0 Å². The summed E-state index contributed by atoms with van der Waals surface area (Å²) < 4.78 is 35.1. The maximum absolute atomic E-state index is 12.4. The Morgan fingerprint density at radius 1 is 1.05 bits per heavy atom. The van der Waals surface area contributed by atoms with Gasteiger partial charge in [-0.05, 0) is 50.2 Å². The van der Waals surface area contributed by atoms with Crippen LogP contribution in [0.2, 0.25) is 0 Å². The zero-order valence-corrected chi connectivity index (χ0v) is 14.6. The van der Waals surface area contributed by atoms with Crippen LogP contribution in [0.1, 0.15) is 19.4 Å². The van der Waals surface area contributed by atoms with Crippen molar-refractivity contribution in [1.29, 1.82) is 0 Å². The fourth-order valence-corrected chi connectivity index (χ4v) is 2.93. The average molecular weight is 382 g/mol. The van der Waals surface area contributed by atoms with Gasteiger partial charge in [-0.25, -0.2) is 0 Å². The molecule has 2 aromatic carbocycles. The summed E-state index contributed by atoms with van der Waals surface area (Å²) in [6, 6.07) is 15.3. The Bertz CT molecular complexity index is 754. The van der Waals surface area contributed by atoms with Crippen molar-refractivity contribution in [2.24, 2.45) is 4.40 Å². The maximum atomic E-state index is 12.4. The van der Waals surface area contributed by atoms with Gasteiger partial charge in [0.2, 0.25) is 5.90 Å². The third kappa shape index (κ3) is 4.42. The van der Waals surface area contributed by atoms with E-state index < -0.39 is 10.0 Å². The van der Waals surface area contributed by atoms with Gasteiger partial charge >= 0.3 is 0 Å². The second-order valence-electron chi connectivity index (χ2n) is 4.86. The first-order chi connectivity index (χ1) is 10.4. The molecule has 4 nitrogen and oxygen atoms in total. The van der Waals surface area contributed by atoms with Gasteiger partial charge in [0.05, 0.1) is 11.0 Å². The summed E-state index contributed by atoms with van der Waals surface area (Å²) in [6.45, 7) is 3.65. The highest BCUT2D eigenvalue weighted by molar-refractivity contribution is 9.10. The highest BCUT2D eigenvalue weighted by Crippen LogP contribution is 2.18. The molecule has 0 saturated heterocycles. The van der Waals surface area contributed by atoms with Gasteiger partial charge < -0.3 is 4.74 Å². The van der Waals surface area contributed by atoms with Crippen LogP contribution >= 0.6 is 15.9 Å². The second-order valence-corrected chi connectivity index (χ2v) is 7.38. The van der Waals surface area contributed by atoms with E-state index in [1.165, 1.54) is 12.1 Å². The van der Waals surface area contributed by atoms with Crippen molar-refractivity contribution in [1.82, 2.24) is 0 Å². The lowest BCUT2D eigenvalue weighted by Gasteiger charge is -2.12. The summed E-state index contributed by atoms with van der Waals surface area (Å²) in [5, 5.41) is 0. The Labute approximate surface area is 139 Å². The molecule has 0 saturated carbocycles. The lowest BCUT2D eigenvalue weighted by molar-refractivity contribution is 0.230. The topological polar surface area (TPSA) is 55.7 Å². The zero-order chi connectivity index (χ0) is 16.2. The van der Waals surface area contributed by atoms with Crippen LogP contribution in [0.4, 0.5) is 0 Å². The molecule has 0 bridgehead atoms. The van der Waals surface area contributed by atoms with E-state index in [1.807, 2.05) is 19.9 Å². The average Bonchev–Trinajstić information content (AvgIpc) is 2.47. The molecule has 2 aromatic rings. The van der Waals surface area contributed by atoms with Crippen molar-refractivity contribution in [3.05, 3.63) is 64.6 Å². The van der Waals surface area contributed by atoms with Gasteiger partial charge in [-0.1, -0.05) is 34.1 Å². The Hall–Kier alpha value is -1.66. The van der Waals surface area contributed by atoms with Crippen LogP contribution in [0.25, 0.3) is 0 Å². The summed E-state index contributed by atoms with van der Waals surface area (Å²) in [4.78, 5) is 0.122. The fourth-order valence-electron chi connectivity index (χ4n) is 1.71. The molecule has 0 amide bonds. The molecule has 0 heterocycles. The van der Waals surface area contributed by atoms with Crippen LogP contribution < -0.4 is 0 Å². The maximum Gasteiger partial charge on any atom is 0.285 e. The smallest absolute Gasteiger partial charge is 0.285 e. The van der Waals surface area contributed by atoms with E-state index in [2.05, 4.69) is 20.3 Å². The molecule has 0 aliphatic rings. The molecule has 0 atom stereocenters. The monoisotopic (exact) mass is 381 g/mol. The van der Waals surface area contributed by atoms with E-state index in [9.17, 15) is 8.42 Å². The lowest BCUT2D eigenvalue weighted by Crippen LogP contribution is -2.15. The predicted octanol–water partition coefficient (Wildman–Crippen LogP) is 4.01. The SMILES string of the molecule is CC(C)O/C(=N/S(=O)(=O)c1ccc(Br)cc1)c1ccccc1. The third-order valence-corrected chi connectivity index (χ3v) is 4.49. The van der Waals surface area contributed by atoms with Crippen molar-refractivity contribution in [3.8, 4) is 0 Å². The summed E-state index contributed by atoms with van der Waals surface area (Å²) in [7, 11) is -3.83. The molecule has 0 aliphatic heterocycles. The molecule has 2 rings (SSSR count). The number of ether oxygens (including phenoxy) is 1. The summed E-state index contributed by atoms with van der Waals surface area (Å²) in [5.74, 6) is 0.0959. The highest BCUT2D eigenvalue weighted by Gasteiger charge is 2.17. The summed E-state index contributed by atoms with van der Waals surface area (Å²) >= 11 is 3.28. The molecule has 116 valence electrons. The van der Waals surface area contributed by atoms with E-state index >= 15 is 0 Å². The molecular weight excluding hydrogens is 366 g/mol. The summed E-state index contributed by atoms with van der Waals surface area (Å²) in [6.07, 6.45) is -0.181. The lowest BCUT2D eigenvalue weighted by atomic mass is 10.2. The van der Waals surface area contributed by atoms with Crippen LogP contribution in [0.15, 0.2) is 68.4 Å². The normalized spacial score (nSPS) is 12.5. The van der Waals surface area contributed by atoms with Gasteiger partial charge in [-0.2, -0.15) is 8.42 Å². The zero-order valence-electron chi connectivity index (χ0n) is 12.2. The minimum Gasteiger partial charge on any atom is -0.474 e. The molecule has 22 heavy (non-hydrogen) atoms. The number of rotatable bonds is 4. The van der Waals surface area contributed by atoms with Gasteiger partial charge in [-0.15, -0.1) is 4.40 Å². The molecule has 0 fully saturated rings. The molecule has 6 heteroatoms. The van der Waals surface area contributed by atoms with Crippen LogP contribution in [-0.2, 0) is 14.8 Å². The number of nitrogens with zero attached hydrogens (tertiary/aromatic N) is 1. The quantitative estimate of drug-likeness (QED) is 0.593. The first-order valence-corrected chi connectivity index (χ1v) is 8.94. The molecule has 0 spiro atoms. The fraction of sp³-hybridized carbons (Fsp3) is 0.188. The van der Waals surface area contributed by atoms with Gasteiger partial charge in [0.15, 0.2) is 0 Å². The largest absolute Gasteiger partial charge is 0.474 e. The molecular formula is C16H16BrNO3S. The molecule has 0 unspecified atom stereocenters. The number of halogens is 1. The number of sulfonamides is 1. The van der Waals surface area contributed by atoms with E-state index in [0.717, 1.165) is 4.47 Å². The van der Waals surface area contributed by atoms with Crippen LogP contribution in [0.5, 0.6) is 0 Å². The number of hydrogen-bond acceptors (Lipinski definition) is 3. The third-order valence-electron chi connectivity index (χ3n) is 2.68. The Kier molecular flexibility index (Phi) is 5.37. The first-order valence-electron chi connectivity index (χ1n) is 6.71. The molecule has 0 aliphatic carbocycles. The van der Waals surface area contributed by atoms with Gasteiger partial charge in [0, 0.05) is 10.0 Å². The first kappa shape index (κ1) is 16.7. The van der Waals surface area contributed by atoms with Gasteiger partial charge in [0.25, 0.3) is 10.0 Å². The van der Waals surface area contributed by atoms with Gasteiger partial charge in [-0.3, -0.25) is 0 Å². The Morgan fingerprint density at radius 2 is 1.64 bits per heavy atom. The van der Waals surface area contributed by atoms with Gasteiger partial charge in [0.1, 0.15) is 0 Å². The predicted molar refractivity (Wildman–Crippen MR) is 90.5 cm³/mol. The van der Waals surface area contributed by atoms with E-state index in [0.29, 0.717) is 5.56 Å². The van der Waals surface area contributed by atoms with Crippen molar-refractivity contribution < 1.29 is 13.2 Å². The van der Waals surface area contributed by atoms with E-state index in [-0.39, 0.29) is 16.9 Å². The number of hydrogen-bond donors (Lipinski definition) is 0. The van der Waals surface area contributed by atoms with Crippen molar-refractivity contribution >= 4 is 31.9 Å².